The van der Waals surface area contributed by atoms with E-state index in [1.54, 1.807) is 0 Å². The molecule has 1 saturated carbocycles. The van der Waals surface area contributed by atoms with Crippen LogP contribution in [0, 0.1) is 11.8 Å². The lowest BCUT2D eigenvalue weighted by Crippen LogP contribution is -2.42. The van der Waals surface area contributed by atoms with E-state index < -0.39 is 0 Å². The Balaban J connectivity index is 2.27. The van der Waals surface area contributed by atoms with Gasteiger partial charge in [-0.25, -0.2) is 0 Å². The van der Waals surface area contributed by atoms with Crippen LogP contribution in [-0.4, -0.2) is 37.1 Å². The van der Waals surface area contributed by atoms with Crippen molar-refractivity contribution in [1.29, 1.82) is 0 Å². The third-order valence-corrected chi connectivity index (χ3v) is 4.64. The topological polar surface area (TPSA) is 15.3 Å². The molecule has 1 aliphatic carbocycles. The van der Waals surface area contributed by atoms with Crippen LogP contribution in [0.15, 0.2) is 0 Å². The van der Waals surface area contributed by atoms with E-state index in [4.69, 9.17) is 0 Å². The molecular formula is C16H34N2. The predicted molar refractivity (Wildman–Crippen MR) is 81.0 cm³/mol. The van der Waals surface area contributed by atoms with Gasteiger partial charge in [0.25, 0.3) is 0 Å². The molecule has 0 saturated heterocycles. The Morgan fingerprint density at radius 2 is 1.67 bits per heavy atom. The van der Waals surface area contributed by atoms with E-state index in [1.807, 2.05) is 0 Å². The minimum absolute atomic E-state index is 0.600. The van der Waals surface area contributed by atoms with Crippen molar-refractivity contribution in [1.82, 2.24) is 10.2 Å². The Bertz CT molecular complexity index is 209. The van der Waals surface area contributed by atoms with Crippen molar-refractivity contribution in [3.63, 3.8) is 0 Å². The summed E-state index contributed by atoms with van der Waals surface area (Å²) in [6, 6.07) is 1.28. The van der Waals surface area contributed by atoms with Crippen molar-refractivity contribution < 1.29 is 0 Å². The van der Waals surface area contributed by atoms with Gasteiger partial charge < -0.3 is 10.2 Å². The molecule has 2 unspecified atom stereocenters. The fourth-order valence-electron chi connectivity index (χ4n) is 2.97. The number of rotatable bonds is 7. The standard InChI is InChI=1S/C16H34N2/c1-13(2)17-11-14(3)15(4)18(5)12-16-9-7-6-8-10-16/h13-17H,6-12H2,1-5H3. The Morgan fingerprint density at radius 3 is 2.22 bits per heavy atom. The first-order chi connectivity index (χ1) is 8.50. The van der Waals surface area contributed by atoms with Crippen molar-refractivity contribution in [3.05, 3.63) is 0 Å². The van der Waals surface area contributed by atoms with Gasteiger partial charge in [-0.2, -0.15) is 0 Å². The van der Waals surface area contributed by atoms with Crippen molar-refractivity contribution in [2.45, 2.75) is 71.9 Å². The molecule has 0 bridgehead atoms. The quantitative estimate of drug-likeness (QED) is 0.748. The molecule has 1 N–H and O–H groups in total. The highest BCUT2D eigenvalue weighted by molar-refractivity contribution is 4.76. The molecule has 0 heterocycles. The van der Waals surface area contributed by atoms with Gasteiger partial charge in [-0.1, -0.05) is 40.0 Å². The van der Waals surface area contributed by atoms with Gasteiger partial charge in [0.05, 0.1) is 0 Å². The van der Waals surface area contributed by atoms with Crippen LogP contribution in [0.3, 0.4) is 0 Å². The lowest BCUT2D eigenvalue weighted by atomic mass is 9.88. The lowest BCUT2D eigenvalue weighted by Gasteiger charge is -2.34. The zero-order valence-corrected chi connectivity index (χ0v) is 13.2. The maximum Gasteiger partial charge on any atom is 0.0102 e. The van der Waals surface area contributed by atoms with Crippen LogP contribution in [0.1, 0.15) is 59.8 Å². The first-order valence-electron chi connectivity index (χ1n) is 7.94. The molecule has 0 amide bonds. The van der Waals surface area contributed by atoms with Gasteiger partial charge in [-0.05, 0) is 45.2 Å². The van der Waals surface area contributed by atoms with E-state index in [2.05, 4.69) is 45.0 Å². The first-order valence-corrected chi connectivity index (χ1v) is 7.94. The smallest absolute Gasteiger partial charge is 0.0102 e. The summed E-state index contributed by atoms with van der Waals surface area (Å²) in [7, 11) is 2.31. The molecule has 0 aromatic heterocycles. The Kier molecular flexibility index (Phi) is 7.25. The van der Waals surface area contributed by atoms with E-state index >= 15 is 0 Å². The number of hydrogen-bond acceptors (Lipinski definition) is 2. The largest absolute Gasteiger partial charge is 0.314 e. The summed E-state index contributed by atoms with van der Waals surface area (Å²) < 4.78 is 0. The summed E-state index contributed by atoms with van der Waals surface area (Å²) in [6.45, 7) is 11.6. The second-order valence-electron chi connectivity index (χ2n) is 6.72. The maximum absolute atomic E-state index is 3.56. The first kappa shape index (κ1) is 16.0. The summed E-state index contributed by atoms with van der Waals surface area (Å²) in [5.74, 6) is 1.68. The minimum atomic E-state index is 0.600. The monoisotopic (exact) mass is 254 g/mol. The summed E-state index contributed by atoms with van der Waals surface area (Å²) in [5.41, 5.74) is 0. The van der Waals surface area contributed by atoms with Crippen molar-refractivity contribution in [3.8, 4) is 0 Å². The molecule has 108 valence electrons. The zero-order valence-electron chi connectivity index (χ0n) is 13.2. The van der Waals surface area contributed by atoms with Crippen LogP contribution < -0.4 is 5.32 Å². The average molecular weight is 254 g/mol. The summed E-state index contributed by atoms with van der Waals surface area (Å²) in [4.78, 5) is 2.59. The normalized spacial score (nSPS) is 21.5. The predicted octanol–water partition coefficient (Wildman–Crippen LogP) is 3.52. The lowest BCUT2D eigenvalue weighted by molar-refractivity contribution is 0.152. The molecule has 0 spiro atoms. The van der Waals surface area contributed by atoms with Gasteiger partial charge in [-0.3, -0.25) is 0 Å². The number of nitrogens with one attached hydrogen (secondary N) is 1. The van der Waals surface area contributed by atoms with Crippen LogP contribution in [-0.2, 0) is 0 Å². The molecule has 2 nitrogen and oxygen atoms in total. The van der Waals surface area contributed by atoms with Crippen LogP contribution in [0.4, 0.5) is 0 Å². The van der Waals surface area contributed by atoms with E-state index in [9.17, 15) is 0 Å². The molecule has 1 fully saturated rings. The van der Waals surface area contributed by atoms with E-state index in [0.29, 0.717) is 12.1 Å². The van der Waals surface area contributed by atoms with Crippen molar-refractivity contribution in [2.24, 2.45) is 11.8 Å². The minimum Gasteiger partial charge on any atom is -0.314 e. The fourth-order valence-corrected chi connectivity index (χ4v) is 2.97. The van der Waals surface area contributed by atoms with Gasteiger partial charge in [0, 0.05) is 18.6 Å². The molecule has 1 rings (SSSR count). The van der Waals surface area contributed by atoms with E-state index in [-0.39, 0.29) is 0 Å². The maximum atomic E-state index is 3.56. The Morgan fingerprint density at radius 1 is 1.06 bits per heavy atom. The molecular weight excluding hydrogens is 220 g/mol. The Labute approximate surface area is 115 Å². The molecule has 0 aromatic rings. The summed E-state index contributed by atoms with van der Waals surface area (Å²) >= 11 is 0. The molecule has 18 heavy (non-hydrogen) atoms. The van der Waals surface area contributed by atoms with Gasteiger partial charge >= 0.3 is 0 Å². The SMILES string of the molecule is CC(C)NCC(C)C(C)N(C)CC1CCCCC1. The van der Waals surface area contributed by atoms with E-state index in [1.165, 1.54) is 38.6 Å². The third kappa shape index (κ3) is 5.71. The van der Waals surface area contributed by atoms with Gasteiger partial charge in [0.2, 0.25) is 0 Å². The van der Waals surface area contributed by atoms with Crippen LogP contribution in [0.25, 0.3) is 0 Å². The average Bonchev–Trinajstić information content (AvgIpc) is 2.36. The highest BCUT2D eigenvalue weighted by Gasteiger charge is 2.21. The number of hydrogen-bond donors (Lipinski definition) is 1. The number of nitrogens with zero attached hydrogens (tertiary/aromatic N) is 1. The van der Waals surface area contributed by atoms with Crippen molar-refractivity contribution >= 4 is 0 Å². The van der Waals surface area contributed by atoms with Gasteiger partial charge in [0.15, 0.2) is 0 Å². The molecule has 1 aliphatic rings. The molecule has 0 radical (unpaired) electrons. The zero-order chi connectivity index (χ0) is 13.5. The van der Waals surface area contributed by atoms with Gasteiger partial charge in [-0.15, -0.1) is 0 Å². The summed E-state index contributed by atoms with van der Waals surface area (Å²) in [5, 5.41) is 3.56. The van der Waals surface area contributed by atoms with Crippen LogP contribution >= 0.6 is 0 Å². The Hall–Kier alpha value is -0.0800. The molecule has 2 heteroatoms. The highest BCUT2D eigenvalue weighted by atomic mass is 15.1. The second-order valence-corrected chi connectivity index (χ2v) is 6.72. The highest BCUT2D eigenvalue weighted by Crippen LogP contribution is 2.25. The molecule has 2 atom stereocenters. The molecule has 0 aliphatic heterocycles. The van der Waals surface area contributed by atoms with Crippen LogP contribution in [0.5, 0.6) is 0 Å². The van der Waals surface area contributed by atoms with E-state index in [0.717, 1.165) is 18.4 Å². The summed E-state index contributed by atoms with van der Waals surface area (Å²) in [6.07, 6.45) is 7.28. The van der Waals surface area contributed by atoms with Crippen molar-refractivity contribution in [2.75, 3.05) is 20.1 Å². The van der Waals surface area contributed by atoms with Crippen LogP contribution in [0.2, 0.25) is 0 Å². The second kappa shape index (κ2) is 8.16. The molecule has 0 aromatic carbocycles. The fraction of sp³-hybridized carbons (Fsp3) is 1.00. The third-order valence-electron chi connectivity index (χ3n) is 4.64. The van der Waals surface area contributed by atoms with Gasteiger partial charge in [0.1, 0.15) is 0 Å².